The van der Waals surface area contributed by atoms with Crippen LogP contribution in [0.15, 0.2) is 47.1 Å². The number of carbonyl (C=O) groups excluding carboxylic acids is 2. The van der Waals surface area contributed by atoms with Crippen LogP contribution in [0.2, 0.25) is 0 Å². The largest absolute Gasteiger partial charge is 0.493 e. The van der Waals surface area contributed by atoms with E-state index in [2.05, 4.69) is 0 Å². The van der Waals surface area contributed by atoms with E-state index in [9.17, 15) is 9.59 Å². The highest BCUT2D eigenvalue weighted by Crippen LogP contribution is 2.21. The van der Waals surface area contributed by atoms with Crippen molar-refractivity contribution in [3.63, 3.8) is 0 Å². The minimum absolute atomic E-state index is 0.0656. The zero-order valence-electron chi connectivity index (χ0n) is 13.6. The minimum atomic E-state index is -0.137. The van der Waals surface area contributed by atoms with Crippen LogP contribution < -0.4 is 4.74 Å². The number of hydrogen-bond acceptors (Lipinski definition) is 4. The lowest BCUT2D eigenvalue weighted by Gasteiger charge is -2.34. The molecular formula is C18H20N2O4. The Morgan fingerprint density at radius 3 is 2.29 bits per heavy atom. The number of piperazine rings is 1. The number of furan rings is 1. The minimum Gasteiger partial charge on any atom is -0.493 e. The molecule has 0 radical (unpaired) electrons. The Balaban J connectivity index is 1.64. The summed E-state index contributed by atoms with van der Waals surface area (Å²) in [4.78, 5) is 28.4. The van der Waals surface area contributed by atoms with Crippen LogP contribution >= 0.6 is 0 Å². The maximum atomic E-state index is 12.7. The van der Waals surface area contributed by atoms with Crippen LogP contribution in [0.4, 0.5) is 0 Å². The van der Waals surface area contributed by atoms with Crippen LogP contribution in [0.25, 0.3) is 0 Å². The monoisotopic (exact) mass is 328 g/mol. The van der Waals surface area contributed by atoms with E-state index in [0.717, 1.165) is 0 Å². The second kappa shape index (κ2) is 7.21. The smallest absolute Gasteiger partial charge is 0.289 e. The topological polar surface area (TPSA) is 63.0 Å². The molecule has 2 aromatic rings. The highest BCUT2D eigenvalue weighted by atomic mass is 16.5. The zero-order chi connectivity index (χ0) is 16.9. The zero-order valence-corrected chi connectivity index (χ0v) is 13.6. The summed E-state index contributed by atoms with van der Waals surface area (Å²) in [6, 6.07) is 10.6. The number of benzene rings is 1. The Kier molecular flexibility index (Phi) is 4.84. The predicted octanol–water partition coefficient (Wildman–Crippen LogP) is 2.28. The average Bonchev–Trinajstić information content (AvgIpc) is 3.16. The van der Waals surface area contributed by atoms with E-state index in [1.54, 1.807) is 34.1 Å². The van der Waals surface area contributed by atoms with Gasteiger partial charge in [0.2, 0.25) is 0 Å². The molecule has 0 saturated carbocycles. The molecule has 6 heteroatoms. The van der Waals surface area contributed by atoms with E-state index < -0.39 is 0 Å². The van der Waals surface area contributed by atoms with E-state index in [0.29, 0.717) is 49.9 Å². The van der Waals surface area contributed by atoms with Gasteiger partial charge in [0.1, 0.15) is 5.75 Å². The fourth-order valence-electron chi connectivity index (χ4n) is 2.76. The summed E-state index contributed by atoms with van der Waals surface area (Å²) in [6.07, 6.45) is 1.48. The number of rotatable bonds is 4. The van der Waals surface area contributed by atoms with Gasteiger partial charge in [-0.1, -0.05) is 12.1 Å². The third kappa shape index (κ3) is 3.27. The van der Waals surface area contributed by atoms with Gasteiger partial charge < -0.3 is 19.0 Å². The van der Waals surface area contributed by atoms with Gasteiger partial charge in [0.15, 0.2) is 5.76 Å². The summed E-state index contributed by atoms with van der Waals surface area (Å²) >= 11 is 0. The first kappa shape index (κ1) is 16.1. The van der Waals surface area contributed by atoms with Crippen LogP contribution in [-0.4, -0.2) is 54.4 Å². The summed E-state index contributed by atoms with van der Waals surface area (Å²) in [5.41, 5.74) is 0.560. The van der Waals surface area contributed by atoms with Crippen molar-refractivity contribution in [3.05, 3.63) is 54.0 Å². The molecule has 1 aromatic heterocycles. The Morgan fingerprint density at radius 2 is 1.67 bits per heavy atom. The summed E-state index contributed by atoms with van der Waals surface area (Å²) in [6.45, 7) is 4.36. The summed E-state index contributed by atoms with van der Waals surface area (Å²) in [5, 5.41) is 0. The summed E-state index contributed by atoms with van der Waals surface area (Å²) in [5.74, 6) is 0.724. The van der Waals surface area contributed by atoms with Gasteiger partial charge in [0.05, 0.1) is 18.4 Å². The van der Waals surface area contributed by atoms with Gasteiger partial charge in [0.25, 0.3) is 11.8 Å². The van der Waals surface area contributed by atoms with Crippen molar-refractivity contribution in [2.45, 2.75) is 6.92 Å². The molecule has 0 spiro atoms. The molecule has 6 nitrogen and oxygen atoms in total. The second-order valence-electron chi connectivity index (χ2n) is 5.49. The molecular weight excluding hydrogens is 308 g/mol. The summed E-state index contributed by atoms with van der Waals surface area (Å²) < 4.78 is 10.7. The van der Waals surface area contributed by atoms with E-state index in [4.69, 9.17) is 9.15 Å². The molecule has 24 heavy (non-hydrogen) atoms. The second-order valence-corrected chi connectivity index (χ2v) is 5.49. The summed E-state index contributed by atoms with van der Waals surface area (Å²) in [7, 11) is 0. The Morgan fingerprint density at radius 1 is 1.00 bits per heavy atom. The Hall–Kier alpha value is -2.76. The van der Waals surface area contributed by atoms with E-state index >= 15 is 0 Å². The van der Waals surface area contributed by atoms with E-state index in [1.807, 2.05) is 19.1 Å². The lowest BCUT2D eigenvalue weighted by molar-refractivity contribution is 0.0516. The van der Waals surface area contributed by atoms with Gasteiger partial charge in [-0.2, -0.15) is 0 Å². The first-order chi connectivity index (χ1) is 11.7. The molecule has 3 rings (SSSR count). The number of amides is 2. The van der Waals surface area contributed by atoms with Crippen molar-refractivity contribution < 1.29 is 18.7 Å². The quantitative estimate of drug-likeness (QED) is 0.864. The lowest BCUT2D eigenvalue weighted by atomic mass is 10.1. The normalized spacial score (nSPS) is 14.5. The molecule has 2 heterocycles. The van der Waals surface area contributed by atoms with Crippen molar-refractivity contribution in [2.24, 2.45) is 0 Å². The van der Waals surface area contributed by atoms with Gasteiger partial charge >= 0.3 is 0 Å². The van der Waals surface area contributed by atoms with Gasteiger partial charge in [-0.3, -0.25) is 9.59 Å². The SMILES string of the molecule is CCOc1ccccc1C(=O)N1CCN(C(=O)c2ccco2)CC1. The van der Waals surface area contributed by atoms with Gasteiger partial charge in [-0.15, -0.1) is 0 Å². The van der Waals surface area contributed by atoms with Gasteiger partial charge in [-0.25, -0.2) is 0 Å². The number of nitrogens with zero attached hydrogens (tertiary/aromatic N) is 2. The molecule has 1 aliphatic heterocycles. The highest BCUT2D eigenvalue weighted by molar-refractivity contribution is 5.97. The van der Waals surface area contributed by atoms with E-state index in [-0.39, 0.29) is 11.8 Å². The highest BCUT2D eigenvalue weighted by Gasteiger charge is 2.27. The molecule has 126 valence electrons. The maximum Gasteiger partial charge on any atom is 0.289 e. The van der Waals surface area contributed by atoms with Gasteiger partial charge in [0, 0.05) is 26.2 Å². The molecule has 1 aliphatic rings. The first-order valence-corrected chi connectivity index (χ1v) is 8.04. The fourth-order valence-corrected chi connectivity index (χ4v) is 2.76. The third-order valence-corrected chi connectivity index (χ3v) is 4.00. The van der Waals surface area contributed by atoms with Crippen LogP contribution in [0.1, 0.15) is 27.8 Å². The molecule has 1 fully saturated rings. The first-order valence-electron chi connectivity index (χ1n) is 8.04. The molecule has 1 aromatic carbocycles. The van der Waals surface area contributed by atoms with Crippen LogP contribution in [-0.2, 0) is 0 Å². The predicted molar refractivity (Wildman–Crippen MR) is 88.1 cm³/mol. The number of ether oxygens (including phenoxy) is 1. The molecule has 0 atom stereocenters. The Bertz CT molecular complexity index is 704. The average molecular weight is 328 g/mol. The van der Waals surface area contributed by atoms with Crippen molar-refractivity contribution >= 4 is 11.8 Å². The van der Waals surface area contributed by atoms with Crippen molar-refractivity contribution in [3.8, 4) is 5.75 Å². The Labute approximate surface area is 140 Å². The van der Waals surface area contributed by atoms with Crippen LogP contribution in [0, 0.1) is 0 Å². The molecule has 0 N–H and O–H groups in total. The van der Waals surface area contributed by atoms with Gasteiger partial charge in [-0.05, 0) is 31.2 Å². The fraction of sp³-hybridized carbons (Fsp3) is 0.333. The molecule has 1 saturated heterocycles. The lowest BCUT2D eigenvalue weighted by Crippen LogP contribution is -2.50. The standard InChI is InChI=1S/C18H20N2O4/c1-2-23-15-7-4-3-6-14(15)17(21)19-9-11-20(12-10-19)18(22)16-8-5-13-24-16/h3-8,13H,2,9-12H2,1H3. The number of para-hydroxylation sites is 1. The number of carbonyl (C=O) groups is 2. The molecule has 0 bridgehead atoms. The molecule has 0 unspecified atom stereocenters. The maximum absolute atomic E-state index is 12.7. The molecule has 2 amide bonds. The third-order valence-electron chi connectivity index (χ3n) is 4.00. The molecule has 0 aliphatic carbocycles. The van der Waals surface area contributed by atoms with Crippen molar-refractivity contribution in [2.75, 3.05) is 32.8 Å². The van der Waals surface area contributed by atoms with Crippen molar-refractivity contribution in [1.82, 2.24) is 9.80 Å². The number of hydrogen-bond donors (Lipinski definition) is 0. The van der Waals surface area contributed by atoms with Crippen molar-refractivity contribution in [1.29, 1.82) is 0 Å². The van der Waals surface area contributed by atoms with Crippen LogP contribution in [0.5, 0.6) is 5.75 Å². The van der Waals surface area contributed by atoms with E-state index in [1.165, 1.54) is 6.26 Å². The van der Waals surface area contributed by atoms with Crippen LogP contribution in [0.3, 0.4) is 0 Å².